The van der Waals surface area contributed by atoms with Gasteiger partial charge < -0.3 is 5.32 Å². The van der Waals surface area contributed by atoms with Crippen LogP contribution in [0.1, 0.15) is 22.0 Å². The van der Waals surface area contributed by atoms with Crippen LogP contribution in [0.4, 0.5) is 0 Å². The average Bonchev–Trinajstić information content (AvgIpc) is 2.72. The van der Waals surface area contributed by atoms with Gasteiger partial charge in [0.15, 0.2) is 0 Å². The van der Waals surface area contributed by atoms with Crippen LogP contribution in [0.5, 0.6) is 0 Å². The molecule has 0 fully saturated rings. The lowest BCUT2D eigenvalue weighted by molar-refractivity contribution is 0.593. The molecule has 1 nitrogen and oxygen atoms in total. The van der Waals surface area contributed by atoms with Crippen molar-refractivity contribution in [2.24, 2.45) is 0 Å². The third-order valence-electron chi connectivity index (χ3n) is 2.99. The van der Waals surface area contributed by atoms with Crippen LogP contribution < -0.4 is 5.32 Å². The molecule has 1 aromatic heterocycles. The Kier molecular flexibility index (Phi) is 4.84. The van der Waals surface area contributed by atoms with Gasteiger partial charge >= 0.3 is 0 Å². The van der Waals surface area contributed by atoms with E-state index < -0.39 is 0 Å². The molecule has 0 bridgehead atoms. The summed E-state index contributed by atoms with van der Waals surface area (Å²) < 4.78 is 1.98. The van der Waals surface area contributed by atoms with E-state index in [0.29, 0.717) is 6.04 Å². The van der Waals surface area contributed by atoms with Crippen molar-refractivity contribution in [1.82, 2.24) is 5.32 Å². The van der Waals surface area contributed by atoms with Gasteiger partial charge in [0, 0.05) is 21.8 Å². The Morgan fingerprint density at radius 1 is 1.33 bits per heavy atom. The zero-order valence-electron chi connectivity index (χ0n) is 10.3. The molecule has 0 aliphatic heterocycles. The molecule has 1 unspecified atom stereocenters. The molecular formula is C14H15BrClNS. The molecule has 0 spiro atoms. The van der Waals surface area contributed by atoms with Crippen molar-refractivity contribution >= 4 is 38.9 Å². The van der Waals surface area contributed by atoms with Crippen LogP contribution in [-0.4, -0.2) is 7.05 Å². The van der Waals surface area contributed by atoms with Crippen LogP contribution in [0.15, 0.2) is 34.8 Å². The first-order chi connectivity index (χ1) is 8.60. The number of halogens is 2. The summed E-state index contributed by atoms with van der Waals surface area (Å²) >= 11 is 11.1. The highest BCUT2D eigenvalue weighted by molar-refractivity contribution is 9.10. The first kappa shape index (κ1) is 14.1. The molecule has 1 N–H and O–H groups in total. The molecular weight excluding hydrogens is 330 g/mol. The molecule has 0 radical (unpaired) electrons. The highest BCUT2D eigenvalue weighted by Crippen LogP contribution is 2.28. The minimum atomic E-state index is 0.327. The molecule has 2 rings (SSSR count). The number of rotatable bonds is 4. The summed E-state index contributed by atoms with van der Waals surface area (Å²) in [4.78, 5) is 1.31. The molecule has 1 aromatic carbocycles. The zero-order chi connectivity index (χ0) is 13.1. The van der Waals surface area contributed by atoms with E-state index in [1.807, 2.05) is 13.1 Å². The molecule has 1 atom stereocenters. The maximum Gasteiger partial charge on any atom is 0.0931 e. The molecule has 1 heterocycles. The molecule has 4 heteroatoms. The first-order valence-corrected chi connectivity index (χ1v) is 7.76. The lowest BCUT2D eigenvalue weighted by Crippen LogP contribution is -2.19. The third-order valence-corrected chi connectivity index (χ3v) is 4.74. The van der Waals surface area contributed by atoms with Crippen LogP contribution >= 0.6 is 38.9 Å². The number of hydrogen-bond donors (Lipinski definition) is 1. The molecule has 2 aromatic rings. The minimum absolute atomic E-state index is 0.327. The topological polar surface area (TPSA) is 12.0 Å². The average molecular weight is 345 g/mol. The number of hydrogen-bond acceptors (Lipinski definition) is 2. The summed E-state index contributed by atoms with van der Waals surface area (Å²) in [5, 5.41) is 3.38. The predicted molar refractivity (Wildman–Crippen MR) is 83.7 cm³/mol. The largest absolute Gasteiger partial charge is 0.313 e. The molecule has 18 heavy (non-hydrogen) atoms. The van der Waals surface area contributed by atoms with Gasteiger partial charge in [0.1, 0.15) is 0 Å². The fourth-order valence-corrected chi connectivity index (χ4v) is 3.67. The van der Waals surface area contributed by atoms with Gasteiger partial charge in [-0.05, 0) is 49.4 Å². The Morgan fingerprint density at radius 3 is 2.67 bits per heavy atom. The summed E-state index contributed by atoms with van der Waals surface area (Å²) in [6.45, 7) is 2.14. The van der Waals surface area contributed by atoms with E-state index in [1.54, 1.807) is 11.3 Å². The zero-order valence-corrected chi connectivity index (χ0v) is 13.5. The molecule has 0 saturated carbocycles. The number of nitrogens with one attached hydrogen (secondary N) is 1. The molecule has 96 valence electrons. The number of likely N-dealkylation sites (N-methyl/N-ethyl adjacent to an activating group) is 1. The van der Waals surface area contributed by atoms with Crippen molar-refractivity contribution in [3.63, 3.8) is 0 Å². The van der Waals surface area contributed by atoms with Crippen LogP contribution in [0.25, 0.3) is 0 Å². The Balaban J connectivity index is 2.22. The summed E-state index contributed by atoms with van der Waals surface area (Å²) in [6.07, 6.45) is 0.969. The Hall–Kier alpha value is -0.350. The quantitative estimate of drug-likeness (QED) is 0.825. The summed E-state index contributed by atoms with van der Waals surface area (Å²) in [7, 11) is 2.00. The van der Waals surface area contributed by atoms with Crippen molar-refractivity contribution in [1.29, 1.82) is 0 Å². The van der Waals surface area contributed by atoms with Crippen LogP contribution in [0, 0.1) is 6.92 Å². The lowest BCUT2D eigenvalue weighted by atomic mass is 9.98. The van der Waals surface area contributed by atoms with Gasteiger partial charge in [0.05, 0.1) is 4.34 Å². The summed E-state index contributed by atoms with van der Waals surface area (Å²) in [5.74, 6) is 0. The Morgan fingerprint density at radius 2 is 2.11 bits per heavy atom. The van der Waals surface area contributed by atoms with Crippen molar-refractivity contribution in [3.05, 3.63) is 55.1 Å². The minimum Gasteiger partial charge on any atom is -0.313 e. The standard InChI is InChI=1S/C14H15BrClNS/c1-9-7-10(15)3-5-12(9)13(17-2)8-11-4-6-14(16)18-11/h3-7,13,17H,8H2,1-2H3. The van der Waals surface area contributed by atoms with E-state index >= 15 is 0 Å². The maximum atomic E-state index is 5.98. The Labute approximate surface area is 125 Å². The molecule has 0 saturated heterocycles. The van der Waals surface area contributed by atoms with Crippen molar-refractivity contribution < 1.29 is 0 Å². The van der Waals surface area contributed by atoms with E-state index in [2.05, 4.69) is 52.4 Å². The second-order valence-electron chi connectivity index (χ2n) is 4.25. The van der Waals surface area contributed by atoms with Crippen LogP contribution in [0.3, 0.4) is 0 Å². The number of aryl methyl sites for hydroxylation is 1. The fourth-order valence-electron chi connectivity index (χ4n) is 2.06. The van der Waals surface area contributed by atoms with E-state index in [0.717, 1.165) is 15.2 Å². The molecule has 0 amide bonds. The van der Waals surface area contributed by atoms with Crippen molar-refractivity contribution in [2.45, 2.75) is 19.4 Å². The monoisotopic (exact) mass is 343 g/mol. The van der Waals surface area contributed by atoms with Gasteiger partial charge in [-0.25, -0.2) is 0 Å². The lowest BCUT2D eigenvalue weighted by Gasteiger charge is -2.18. The Bertz CT molecular complexity index is 538. The van der Waals surface area contributed by atoms with Crippen LogP contribution in [0.2, 0.25) is 4.34 Å². The van der Waals surface area contributed by atoms with Gasteiger partial charge in [-0.15, -0.1) is 11.3 Å². The normalized spacial score (nSPS) is 12.7. The summed E-state index contributed by atoms with van der Waals surface area (Å²) in [5.41, 5.74) is 2.64. The second kappa shape index (κ2) is 6.20. The number of thiophene rings is 1. The highest BCUT2D eigenvalue weighted by atomic mass is 79.9. The van der Waals surface area contributed by atoms with E-state index in [1.165, 1.54) is 16.0 Å². The van der Waals surface area contributed by atoms with Gasteiger partial charge in [0.2, 0.25) is 0 Å². The SMILES string of the molecule is CNC(Cc1ccc(Cl)s1)c1ccc(Br)cc1C. The highest BCUT2D eigenvalue weighted by Gasteiger charge is 2.13. The van der Waals surface area contributed by atoms with E-state index in [4.69, 9.17) is 11.6 Å². The smallest absolute Gasteiger partial charge is 0.0931 e. The van der Waals surface area contributed by atoms with Gasteiger partial charge in [-0.2, -0.15) is 0 Å². The van der Waals surface area contributed by atoms with Gasteiger partial charge in [-0.3, -0.25) is 0 Å². The first-order valence-electron chi connectivity index (χ1n) is 5.77. The van der Waals surface area contributed by atoms with E-state index in [9.17, 15) is 0 Å². The number of benzene rings is 1. The molecule has 0 aliphatic rings. The van der Waals surface area contributed by atoms with Gasteiger partial charge in [0.25, 0.3) is 0 Å². The van der Waals surface area contributed by atoms with Crippen LogP contribution in [-0.2, 0) is 6.42 Å². The second-order valence-corrected chi connectivity index (χ2v) is 6.97. The third kappa shape index (κ3) is 3.35. The molecule has 0 aliphatic carbocycles. The van der Waals surface area contributed by atoms with E-state index in [-0.39, 0.29) is 0 Å². The fraction of sp³-hybridized carbons (Fsp3) is 0.286. The van der Waals surface area contributed by atoms with Crippen molar-refractivity contribution in [3.8, 4) is 0 Å². The maximum absolute atomic E-state index is 5.98. The van der Waals surface area contributed by atoms with Gasteiger partial charge in [-0.1, -0.05) is 33.6 Å². The predicted octanol–water partition coefficient (Wildman–Crippen LogP) is 4.98. The summed E-state index contributed by atoms with van der Waals surface area (Å²) in [6, 6.07) is 10.8. The van der Waals surface area contributed by atoms with Crippen molar-refractivity contribution in [2.75, 3.05) is 7.05 Å².